The Morgan fingerprint density at radius 1 is 0.743 bits per heavy atom. The normalized spacial score (nSPS) is 12.1. The SMILES string of the molecule is CCCCCc1ccc(CCc2ccc(-c3ccc(CCC(CN)CO)cc3CC)c(F)c2)cc1. The molecule has 0 saturated heterocycles. The third-order valence-corrected chi connectivity index (χ3v) is 7.10. The Morgan fingerprint density at radius 3 is 1.94 bits per heavy atom. The van der Waals surface area contributed by atoms with E-state index in [0.717, 1.165) is 55.2 Å². The third kappa shape index (κ3) is 8.02. The molecule has 0 amide bonds. The van der Waals surface area contributed by atoms with Gasteiger partial charge in [-0.3, -0.25) is 0 Å². The lowest BCUT2D eigenvalue weighted by Gasteiger charge is -2.15. The first-order valence-electron chi connectivity index (χ1n) is 13.4. The van der Waals surface area contributed by atoms with Gasteiger partial charge < -0.3 is 10.8 Å². The van der Waals surface area contributed by atoms with Crippen molar-refractivity contribution < 1.29 is 9.50 Å². The summed E-state index contributed by atoms with van der Waals surface area (Å²) < 4.78 is 15.2. The van der Waals surface area contributed by atoms with Crippen LogP contribution in [0.15, 0.2) is 60.7 Å². The fourth-order valence-corrected chi connectivity index (χ4v) is 4.69. The van der Waals surface area contributed by atoms with Gasteiger partial charge in [-0.1, -0.05) is 81.3 Å². The van der Waals surface area contributed by atoms with E-state index >= 15 is 4.39 Å². The molecule has 0 saturated carbocycles. The topological polar surface area (TPSA) is 46.2 Å². The van der Waals surface area contributed by atoms with E-state index in [-0.39, 0.29) is 18.3 Å². The monoisotopic (exact) mass is 475 g/mol. The van der Waals surface area contributed by atoms with Crippen LogP contribution < -0.4 is 5.73 Å². The van der Waals surface area contributed by atoms with Gasteiger partial charge >= 0.3 is 0 Å². The van der Waals surface area contributed by atoms with E-state index in [1.807, 2.05) is 12.1 Å². The molecule has 1 unspecified atom stereocenters. The first kappa shape index (κ1) is 27.1. The summed E-state index contributed by atoms with van der Waals surface area (Å²) in [5.41, 5.74) is 13.5. The van der Waals surface area contributed by atoms with Gasteiger partial charge in [0.05, 0.1) is 0 Å². The minimum absolute atomic E-state index is 0.122. The van der Waals surface area contributed by atoms with E-state index in [0.29, 0.717) is 12.1 Å². The molecule has 0 radical (unpaired) electrons. The fourth-order valence-electron chi connectivity index (χ4n) is 4.69. The molecule has 0 heterocycles. The number of aryl methyl sites for hydroxylation is 5. The second-order valence-electron chi connectivity index (χ2n) is 9.76. The van der Waals surface area contributed by atoms with Gasteiger partial charge in [-0.15, -0.1) is 0 Å². The minimum Gasteiger partial charge on any atom is -0.396 e. The number of aliphatic hydroxyl groups is 1. The van der Waals surface area contributed by atoms with Gasteiger partial charge in [-0.2, -0.15) is 0 Å². The molecule has 3 aromatic carbocycles. The van der Waals surface area contributed by atoms with Crippen LogP contribution in [0.4, 0.5) is 4.39 Å². The van der Waals surface area contributed by atoms with Crippen LogP contribution >= 0.6 is 0 Å². The van der Waals surface area contributed by atoms with E-state index in [9.17, 15) is 5.11 Å². The van der Waals surface area contributed by atoms with Crippen LogP contribution in [0, 0.1) is 11.7 Å². The molecule has 2 nitrogen and oxygen atoms in total. The van der Waals surface area contributed by atoms with Crippen molar-refractivity contribution in [2.45, 2.75) is 71.6 Å². The highest BCUT2D eigenvalue weighted by molar-refractivity contribution is 5.69. The largest absolute Gasteiger partial charge is 0.396 e. The summed E-state index contributed by atoms with van der Waals surface area (Å²) >= 11 is 0. The van der Waals surface area contributed by atoms with Gasteiger partial charge in [0, 0.05) is 12.2 Å². The zero-order valence-electron chi connectivity index (χ0n) is 21.5. The number of halogens is 1. The second-order valence-corrected chi connectivity index (χ2v) is 9.76. The van der Waals surface area contributed by atoms with Crippen LogP contribution in [0.2, 0.25) is 0 Å². The van der Waals surface area contributed by atoms with E-state index in [1.165, 1.54) is 36.0 Å². The van der Waals surface area contributed by atoms with Gasteiger partial charge in [-0.25, -0.2) is 4.39 Å². The van der Waals surface area contributed by atoms with Crippen LogP contribution in [0.25, 0.3) is 11.1 Å². The predicted molar refractivity (Wildman–Crippen MR) is 146 cm³/mol. The summed E-state index contributed by atoms with van der Waals surface area (Å²) in [6, 6.07) is 20.9. The molecule has 0 aromatic heterocycles. The van der Waals surface area contributed by atoms with E-state index in [1.54, 1.807) is 6.07 Å². The van der Waals surface area contributed by atoms with Gasteiger partial charge in [0.1, 0.15) is 5.82 Å². The maximum Gasteiger partial charge on any atom is 0.131 e. The van der Waals surface area contributed by atoms with E-state index in [4.69, 9.17) is 5.73 Å². The molecule has 3 aromatic rings. The number of unbranched alkanes of at least 4 members (excludes halogenated alkanes) is 2. The molecule has 0 bridgehead atoms. The quantitative estimate of drug-likeness (QED) is 0.245. The Hall–Kier alpha value is -2.49. The highest BCUT2D eigenvalue weighted by Gasteiger charge is 2.12. The average Bonchev–Trinajstić information content (AvgIpc) is 2.89. The Balaban J connectivity index is 1.64. The summed E-state index contributed by atoms with van der Waals surface area (Å²) in [5, 5.41) is 9.38. The van der Waals surface area contributed by atoms with Crippen molar-refractivity contribution >= 4 is 0 Å². The smallest absolute Gasteiger partial charge is 0.131 e. The molecule has 3 heteroatoms. The maximum atomic E-state index is 15.2. The first-order valence-corrected chi connectivity index (χ1v) is 13.4. The predicted octanol–water partition coefficient (Wildman–Crippen LogP) is 7.07. The molecule has 0 aliphatic rings. The molecule has 1 atom stereocenters. The summed E-state index contributed by atoms with van der Waals surface area (Å²) in [5.74, 6) is -0.0202. The van der Waals surface area contributed by atoms with Crippen LogP contribution in [0.3, 0.4) is 0 Å². The van der Waals surface area contributed by atoms with Gasteiger partial charge in [-0.05, 0) is 96.9 Å². The summed E-state index contributed by atoms with van der Waals surface area (Å²) in [6.07, 6.45) is 9.27. The zero-order valence-corrected chi connectivity index (χ0v) is 21.5. The number of aliphatic hydroxyl groups excluding tert-OH is 1. The Bertz CT molecular complexity index is 1040. The standard InChI is InChI=1S/C32H42FNO/c1-3-5-6-7-24-8-10-25(11-9-24)12-13-27-17-19-31(32(33)21-27)30-18-16-26(20-29(30)4-2)14-15-28(22-34)23-35/h8-11,16-21,28,35H,3-7,12-15,22-23,34H2,1-2H3. The molecular weight excluding hydrogens is 433 g/mol. The van der Waals surface area contributed by atoms with Crippen molar-refractivity contribution in [3.05, 3.63) is 94.3 Å². The fraction of sp³-hybridized carbons (Fsp3) is 0.438. The van der Waals surface area contributed by atoms with E-state index in [2.05, 4.69) is 56.3 Å². The average molecular weight is 476 g/mol. The molecular formula is C32H42FNO. The van der Waals surface area contributed by atoms with Crippen molar-refractivity contribution in [2.24, 2.45) is 11.7 Å². The van der Waals surface area contributed by atoms with Crippen molar-refractivity contribution in [1.82, 2.24) is 0 Å². The molecule has 188 valence electrons. The molecule has 0 spiro atoms. The van der Waals surface area contributed by atoms with Crippen LogP contribution in [0.1, 0.15) is 67.3 Å². The highest BCUT2D eigenvalue weighted by Crippen LogP contribution is 2.29. The number of hydrogen-bond acceptors (Lipinski definition) is 2. The van der Waals surface area contributed by atoms with Crippen molar-refractivity contribution in [3.8, 4) is 11.1 Å². The van der Waals surface area contributed by atoms with Gasteiger partial charge in [0.25, 0.3) is 0 Å². The molecule has 0 fully saturated rings. The van der Waals surface area contributed by atoms with Crippen molar-refractivity contribution in [2.75, 3.05) is 13.2 Å². The van der Waals surface area contributed by atoms with Gasteiger partial charge in [0.2, 0.25) is 0 Å². The number of hydrogen-bond donors (Lipinski definition) is 2. The lowest BCUT2D eigenvalue weighted by atomic mass is 9.92. The summed E-state index contributed by atoms with van der Waals surface area (Å²) in [4.78, 5) is 0. The molecule has 0 aliphatic heterocycles. The highest BCUT2D eigenvalue weighted by atomic mass is 19.1. The second kappa shape index (κ2) is 14.2. The minimum atomic E-state index is -0.153. The molecule has 3 rings (SSSR count). The molecule has 35 heavy (non-hydrogen) atoms. The van der Waals surface area contributed by atoms with Crippen molar-refractivity contribution in [3.63, 3.8) is 0 Å². The first-order chi connectivity index (χ1) is 17.1. The van der Waals surface area contributed by atoms with E-state index < -0.39 is 0 Å². The Morgan fingerprint density at radius 2 is 1.34 bits per heavy atom. The zero-order chi connectivity index (χ0) is 25.0. The molecule has 3 N–H and O–H groups in total. The summed E-state index contributed by atoms with van der Waals surface area (Å²) in [6.45, 7) is 4.96. The summed E-state index contributed by atoms with van der Waals surface area (Å²) in [7, 11) is 0. The third-order valence-electron chi connectivity index (χ3n) is 7.10. The Labute approximate surface area is 211 Å². The number of benzene rings is 3. The van der Waals surface area contributed by atoms with Crippen LogP contribution in [-0.2, 0) is 32.1 Å². The number of nitrogens with two attached hydrogens (primary N) is 1. The lowest BCUT2D eigenvalue weighted by Crippen LogP contribution is -2.18. The van der Waals surface area contributed by atoms with Crippen molar-refractivity contribution in [1.29, 1.82) is 0 Å². The molecule has 0 aliphatic carbocycles. The van der Waals surface area contributed by atoms with Crippen LogP contribution in [0.5, 0.6) is 0 Å². The van der Waals surface area contributed by atoms with Crippen LogP contribution in [-0.4, -0.2) is 18.3 Å². The number of rotatable bonds is 14. The Kier molecular flexibility index (Phi) is 11.0. The maximum absolute atomic E-state index is 15.2. The van der Waals surface area contributed by atoms with Gasteiger partial charge in [0.15, 0.2) is 0 Å². The lowest BCUT2D eigenvalue weighted by molar-refractivity contribution is 0.223.